The quantitative estimate of drug-likeness (QED) is 0.742. The van der Waals surface area contributed by atoms with Gasteiger partial charge < -0.3 is 5.11 Å². The second-order valence-electron chi connectivity index (χ2n) is 3.51. The minimum Gasteiger partial charge on any atom is -0.388 e. The Morgan fingerprint density at radius 2 is 2.21 bits per heavy atom. The summed E-state index contributed by atoms with van der Waals surface area (Å²) >= 11 is 0. The molecule has 0 aromatic carbocycles. The molecule has 0 fully saturated rings. The Hall–Kier alpha value is -1.15. The second-order valence-corrected chi connectivity index (χ2v) is 3.51. The van der Waals surface area contributed by atoms with Crippen molar-refractivity contribution in [1.29, 1.82) is 0 Å². The lowest BCUT2D eigenvalue weighted by atomic mass is 10.0. The number of pyridine rings is 1. The highest BCUT2D eigenvalue weighted by Gasteiger charge is 2.09. The number of aliphatic hydroxyl groups is 1. The Morgan fingerprint density at radius 3 is 2.79 bits per heavy atom. The highest BCUT2D eigenvalue weighted by molar-refractivity contribution is 5.23. The van der Waals surface area contributed by atoms with Crippen LogP contribution in [0.4, 0.5) is 0 Å². The highest BCUT2D eigenvalue weighted by atomic mass is 16.3. The molecule has 1 heterocycles. The molecule has 0 aliphatic heterocycles. The first-order chi connectivity index (χ1) is 6.65. The highest BCUT2D eigenvalue weighted by Crippen LogP contribution is 2.20. The van der Waals surface area contributed by atoms with Crippen molar-refractivity contribution in [1.82, 2.24) is 4.98 Å². The van der Waals surface area contributed by atoms with Gasteiger partial charge in [-0.2, -0.15) is 0 Å². The SMILES string of the molecule is C=CCCC(O)c1ccc(C)nc1C. The largest absolute Gasteiger partial charge is 0.388 e. The molecule has 0 amide bonds. The standard InChI is InChI=1S/C12H17NO/c1-4-5-6-12(14)11-8-7-9(2)13-10(11)3/h4,7-8,12,14H,1,5-6H2,2-3H3. The van der Waals surface area contributed by atoms with E-state index in [0.717, 1.165) is 29.8 Å². The molecular weight excluding hydrogens is 174 g/mol. The molecule has 0 radical (unpaired) electrons. The van der Waals surface area contributed by atoms with Crippen molar-refractivity contribution in [2.45, 2.75) is 32.8 Å². The summed E-state index contributed by atoms with van der Waals surface area (Å²) in [4.78, 5) is 4.32. The molecule has 2 heteroatoms. The zero-order valence-electron chi connectivity index (χ0n) is 8.83. The number of hydrogen-bond donors (Lipinski definition) is 1. The first kappa shape index (κ1) is 10.9. The number of aromatic nitrogens is 1. The molecule has 0 bridgehead atoms. The Balaban J connectivity index is 2.78. The van der Waals surface area contributed by atoms with Gasteiger partial charge in [-0.1, -0.05) is 12.1 Å². The van der Waals surface area contributed by atoms with Gasteiger partial charge in [0.1, 0.15) is 0 Å². The normalized spacial score (nSPS) is 12.5. The number of aliphatic hydroxyl groups excluding tert-OH is 1. The summed E-state index contributed by atoms with van der Waals surface area (Å²) in [6.45, 7) is 7.52. The van der Waals surface area contributed by atoms with Crippen molar-refractivity contribution in [3.8, 4) is 0 Å². The third kappa shape index (κ3) is 2.67. The minimum absolute atomic E-state index is 0.416. The van der Waals surface area contributed by atoms with Crippen LogP contribution in [-0.4, -0.2) is 10.1 Å². The Labute approximate surface area is 85.3 Å². The summed E-state index contributed by atoms with van der Waals surface area (Å²) in [5.74, 6) is 0. The van der Waals surface area contributed by atoms with Crippen LogP contribution in [0, 0.1) is 13.8 Å². The van der Waals surface area contributed by atoms with Crippen molar-refractivity contribution in [3.05, 3.63) is 41.7 Å². The molecule has 1 rings (SSSR count). The monoisotopic (exact) mass is 191 g/mol. The number of hydrogen-bond acceptors (Lipinski definition) is 2. The van der Waals surface area contributed by atoms with Crippen LogP contribution in [0.3, 0.4) is 0 Å². The third-order valence-electron chi connectivity index (χ3n) is 2.27. The van der Waals surface area contributed by atoms with Crippen LogP contribution in [0.5, 0.6) is 0 Å². The van der Waals surface area contributed by atoms with Crippen molar-refractivity contribution >= 4 is 0 Å². The average Bonchev–Trinajstić information content (AvgIpc) is 2.14. The molecule has 76 valence electrons. The van der Waals surface area contributed by atoms with E-state index >= 15 is 0 Å². The maximum atomic E-state index is 9.84. The Bertz CT molecular complexity index is 320. The molecule has 1 unspecified atom stereocenters. The van der Waals surface area contributed by atoms with Gasteiger partial charge >= 0.3 is 0 Å². The molecule has 1 atom stereocenters. The smallest absolute Gasteiger partial charge is 0.0810 e. The molecule has 14 heavy (non-hydrogen) atoms. The summed E-state index contributed by atoms with van der Waals surface area (Å²) in [5, 5.41) is 9.84. The molecule has 0 saturated heterocycles. The summed E-state index contributed by atoms with van der Waals surface area (Å²) in [5.41, 5.74) is 2.83. The van der Waals surface area contributed by atoms with Crippen LogP contribution < -0.4 is 0 Å². The lowest BCUT2D eigenvalue weighted by molar-refractivity contribution is 0.167. The molecule has 0 saturated carbocycles. The van der Waals surface area contributed by atoms with Gasteiger partial charge in [-0.05, 0) is 32.8 Å². The number of rotatable bonds is 4. The second kappa shape index (κ2) is 4.91. The van der Waals surface area contributed by atoms with E-state index in [9.17, 15) is 5.11 Å². The van der Waals surface area contributed by atoms with Gasteiger partial charge in [-0.15, -0.1) is 6.58 Å². The van der Waals surface area contributed by atoms with E-state index in [0.29, 0.717) is 0 Å². The van der Waals surface area contributed by atoms with E-state index in [1.54, 1.807) is 0 Å². The minimum atomic E-state index is -0.416. The number of aryl methyl sites for hydroxylation is 2. The fraction of sp³-hybridized carbons (Fsp3) is 0.417. The van der Waals surface area contributed by atoms with E-state index < -0.39 is 6.10 Å². The predicted molar refractivity (Wildman–Crippen MR) is 58.1 cm³/mol. The zero-order valence-corrected chi connectivity index (χ0v) is 8.83. The predicted octanol–water partition coefficient (Wildman–Crippen LogP) is 2.70. The van der Waals surface area contributed by atoms with Crippen molar-refractivity contribution < 1.29 is 5.11 Å². The molecule has 1 aromatic rings. The summed E-state index contributed by atoms with van der Waals surface area (Å²) in [6.07, 6.45) is 2.95. The van der Waals surface area contributed by atoms with Gasteiger partial charge in [0.2, 0.25) is 0 Å². The van der Waals surface area contributed by atoms with Crippen LogP contribution in [0.25, 0.3) is 0 Å². The van der Waals surface area contributed by atoms with E-state index in [-0.39, 0.29) is 0 Å². The van der Waals surface area contributed by atoms with Gasteiger partial charge in [-0.25, -0.2) is 0 Å². The lowest BCUT2D eigenvalue weighted by Gasteiger charge is -2.12. The van der Waals surface area contributed by atoms with Crippen LogP contribution in [0.2, 0.25) is 0 Å². The van der Waals surface area contributed by atoms with Crippen molar-refractivity contribution in [3.63, 3.8) is 0 Å². The van der Waals surface area contributed by atoms with E-state index in [2.05, 4.69) is 11.6 Å². The van der Waals surface area contributed by atoms with Crippen LogP contribution in [0.1, 0.15) is 35.9 Å². The molecule has 2 nitrogen and oxygen atoms in total. The van der Waals surface area contributed by atoms with E-state index in [1.165, 1.54) is 0 Å². The Morgan fingerprint density at radius 1 is 1.50 bits per heavy atom. The fourth-order valence-electron chi connectivity index (χ4n) is 1.48. The van der Waals surface area contributed by atoms with Crippen LogP contribution >= 0.6 is 0 Å². The zero-order chi connectivity index (χ0) is 10.6. The van der Waals surface area contributed by atoms with Crippen LogP contribution in [-0.2, 0) is 0 Å². The van der Waals surface area contributed by atoms with Crippen molar-refractivity contribution in [2.75, 3.05) is 0 Å². The number of nitrogens with zero attached hydrogens (tertiary/aromatic N) is 1. The van der Waals surface area contributed by atoms with Gasteiger partial charge in [0.25, 0.3) is 0 Å². The van der Waals surface area contributed by atoms with Gasteiger partial charge in [0.15, 0.2) is 0 Å². The van der Waals surface area contributed by atoms with Gasteiger partial charge in [-0.3, -0.25) is 4.98 Å². The number of allylic oxidation sites excluding steroid dienone is 1. The molecule has 0 aliphatic carbocycles. The molecule has 1 aromatic heterocycles. The lowest BCUT2D eigenvalue weighted by Crippen LogP contribution is -2.02. The molecule has 0 aliphatic rings. The average molecular weight is 191 g/mol. The first-order valence-corrected chi connectivity index (χ1v) is 4.88. The first-order valence-electron chi connectivity index (χ1n) is 4.88. The topological polar surface area (TPSA) is 33.1 Å². The van der Waals surface area contributed by atoms with Gasteiger partial charge in [0, 0.05) is 17.0 Å². The third-order valence-corrected chi connectivity index (χ3v) is 2.27. The van der Waals surface area contributed by atoms with Crippen LogP contribution in [0.15, 0.2) is 24.8 Å². The van der Waals surface area contributed by atoms with Gasteiger partial charge in [0.05, 0.1) is 6.10 Å². The fourth-order valence-corrected chi connectivity index (χ4v) is 1.48. The van der Waals surface area contributed by atoms with Crippen molar-refractivity contribution in [2.24, 2.45) is 0 Å². The molecule has 1 N–H and O–H groups in total. The summed E-state index contributed by atoms with van der Waals surface area (Å²) in [7, 11) is 0. The van der Waals surface area contributed by atoms with E-state index in [4.69, 9.17) is 0 Å². The summed E-state index contributed by atoms with van der Waals surface area (Å²) < 4.78 is 0. The maximum absolute atomic E-state index is 9.84. The molecule has 0 spiro atoms. The molecular formula is C12H17NO. The summed E-state index contributed by atoms with van der Waals surface area (Å²) in [6, 6.07) is 3.88. The Kier molecular flexibility index (Phi) is 3.84. The maximum Gasteiger partial charge on any atom is 0.0810 e. The van der Waals surface area contributed by atoms with E-state index in [1.807, 2.05) is 32.1 Å².